The van der Waals surface area contributed by atoms with Crippen molar-refractivity contribution in [3.8, 4) is 0 Å². The Balaban J connectivity index is 1.72. The van der Waals surface area contributed by atoms with Crippen LogP contribution in [0.15, 0.2) is 77.5 Å². The van der Waals surface area contributed by atoms with Crippen LogP contribution in [0.25, 0.3) is 0 Å². The molecule has 1 N–H and O–H groups in total. The average Bonchev–Trinajstić information content (AvgIpc) is 2.91. The smallest absolute Gasteiger partial charge is 0.264 e. The van der Waals surface area contributed by atoms with Gasteiger partial charge in [-0.25, -0.2) is 0 Å². The molecule has 0 radical (unpaired) electrons. The lowest BCUT2D eigenvalue weighted by atomic mass is 9.88. The summed E-state index contributed by atoms with van der Waals surface area (Å²) in [6, 6.07) is 18.0. The molecule has 4 rings (SSSR count). The van der Waals surface area contributed by atoms with E-state index in [2.05, 4.69) is 20.9 Å². The third-order valence-electron chi connectivity index (χ3n) is 4.90. The van der Waals surface area contributed by atoms with Gasteiger partial charge in [-0.2, -0.15) is 0 Å². The molecule has 1 atom stereocenters. The number of carbonyl (C=O) groups excluding carboxylic acids is 2. The number of hydrogen-bond donors (Lipinski definition) is 1. The van der Waals surface area contributed by atoms with Gasteiger partial charge in [0.2, 0.25) is 0 Å². The molecular formula is C22H17BrN2O3. The lowest BCUT2D eigenvalue weighted by Gasteiger charge is -2.23. The SMILES string of the molecule is O=C(C[C@@]1(O)C(=O)N(Cc2ccccc2)c2ccc(Br)cc21)c1ccncc1. The second-order valence-electron chi connectivity index (χ2n) is 6.73. The Labute approximate surface area is 170 Å². The summed E-state index contributed by atoms with van der Waals surface area (Å²) in [5.74, 6) is -0.808. The monoisotopic (exact) mass is 436 g/mol. The van der Waals surface area contributed by atoms with E-state index in [1.165, 1.54) is 17.3 Å². The van der Waals surface area contributed by atoms with Gasteiger partial charge in [0.25, 0.3) is 5.91 Å². The van der Waals surface area contributed by atoms with Crippen molar-refractivity contribution in [3.05, 3.63) is 94.2 Å². The number of rotatable bonds is 5. The van der Waals surface area contributed by atoms with E-state index in [0.717, 1.165) is 10.0 Å². The lowest BCUT2D eigenvalue weighted by molar-refractivity contribution is -0.136. The molecule has 1 aromatic heterocycles. The van der Waals surface area contributed by atoms with Crippen LogP contribution in [0.2, 0.25) is 0 Å². The second kappa shape index (κ2) is 7.30. The Morgan fingerprint density at radius 1 is 1.07 bits per heavy atom. The first-order valence-electron chi connectivity index (χ1n) is 8.80. The molecule has 0 saturated carbocycles. The van der Waals surface area contributed by atoms with Crippen LogP contribution in [0.5, 0.6) is 0 Å². The first-order valence-corrected chi connectivity index (χ1v) is 9.60. The van der Waals surface area contributed by atoms with Gasteiger partial charge in [-0.15, -0.1) is 0 Å². The number of nitrogens with zero attached hydrogens (tertiary/aromatic N) is 2. The predicted octanol–water partition coefficient (Wildman–Crippen LogP) is 3.85. The molecule has 0 spiro atoms. The minimum Gasteiger partial charge on any atom is -0.375 e. The van der Waals surface area contributed by atoms with Gasteiger partial charge in [0.05, 0.1) is 18.7 Å². The summed E-state index contributed by atoms with van der Waals surface area (Å²) in [6.07, 6.45) is 2.70. The van der Waals surface area contributed by atoms with Gasteiger partial charge in [-0.3, -0.25) is 14.6 Å². The van der Waals surface area contributed by atoms with Crippen LogP contribution in [0.1, 0.15) is 27.9 Å². The number of pyridine rings is 1. The summed E-state index contributed by atoms with van der Waals surface area (Å²) in [4.78, 5) is 31.4. The molecule has 3 aromatic rings. The van der Waals surface area contributed by atoms with Crippen molar-refractivity contribution in [1.29, 1.82) is 0 Å². The van der Waals surface area contributed by atoms with Gasteiger partial charge in [0, 0.05) is 28.0 Å². The van der Waals surface area contributed by atoms with E-state index < -0.39 is 11.5 Å². The number of halogens is 1. The third-order valence-corrected chi connectivity index (χ3v) is 5.39. The van der Waals surface area contributed by atoms with E-state index in [0.29, 0.717) is 23.4 Å². The highest BCUT2D eigenvalue weighted by Crippen LogP contribution is 2.44. The zero-order chi connectivity index (χ0) is 19.7. The van der Waals surface area contributed by atoms with Crippen LogP contribution >= 0.6 is 15.9 Å². The number of anilines is 1. The summed E-state index contributed by atoms with van der Waals surface area (Å²) in [6.45, 7) is 0.320. The number of aliphatic hydroxyl groups is 1. The maximum Gasteiger partial charge on any atom is 0.264 e. The molecule has 0 unspecified atom stereocenters. The van der Waals surface area contributed by atoms with Crippen LogP contribution in [0.4, 0.5) is 5.69 Å². The van der Waals surface area contributed by atoms with E-state index in [9.17, 15) is 14.7 Å². The van der Waals surface area contributed by atoms with Crippen molar-refractivity contribution < 1.29 is 14.7 Å². The molecule has 1 amide bonds. The third kappa shape index (κ3) is 3.25. The minimum atomic E-state index is -1.91. The fourth-order valence-electron chi connectivity index (χ4n) is 3.49. The molecule has 5 nitrogen and oxygen atoms in total. The number of fused-ring (bicyclic) bond motifs is 1. The van der Waals surface area contributed by atoms with Crippen LogP contribution in [0.3, 0.4) is 0 Å². The number of ketones is 1. The average molecular weight is 437 g/mol. The topological polar surface area (TPSA) is 70.5 Å². The number of amides is 1. The molecule has 2 aromatic carbocycles. The maximum atomic E-state index is 13.3. The number of carbonyl (C=O) groups is 2. The van der Waals surface area contributed by atoms with E-state index in [-0.39, 0.29) is 12.2 Å². The van der Waals surface area contributed by atoms with Gasteiger partial charge in [-0.1, -0.05) is 46.3 Å². The normalized spacial score (nSPS) is 18.2. The molecule has 1 aliphatic rings. The molecular weight excluding hydrogens is 420 g/mol. The molecule has 28 heavy (non-hydrogen) atoms. The van der Waals surface area contributed by atoms with Crippen molar-refractivity contribution in [1.82, 2.24) is 4.98 Å². The van der Waals surface area contributed by atoms with Gasteiger partial charge >= 0.3 is 0 Å². The molecule has 0 saturated heterocycles. The highest BCUT2D eigenvalue weighted by atomic mass is 79.9. The summed E-state index contributed by atoms with van der Waals surface area (Å²) < 4.78 is 0.732. The van der Waals surface area contributed by atoms with Crippen molar-refractivity contribution in [2.45, 2.75) is 18.6 Å². The molecule has 140 valence electrons. The maximum absolute atomic E-state index is 13.3. The zero-order valence-electron chi connectivity index (χ0n) is 14.9. The fourth-order valence-corrected chi connectivity index (χ4v) is 3.85. The highest BCUT2D eigenvalue weighted by Gasteiger charge is 2.51. The molecule has 6 heteroatoms. The Bertz CT molecular complexity index is 1040. The van der Waals surface area contributed by atoms with Crippen molar-refractivity contribution >= 4 is 33.3 Å². The van der Waals surface area contributed by atoms with Crippen LogP contribution < -0.4 is 4.90 Å². The van der Waals surface area contributed by atoms with Crippen molar-refractivity contribution in [2.24, 2.45) is 0 Å². The first-order chi connectivity index (χ1) is 13.5. The van der Waals surface area contributed by atoms with E-state index in [4.69, 9.17) is 0 Å². The van der Waals surface area contributed by atoms with E-state index >= 15 is 0 Å². The minimum absolute atomic E-state index is 0.314. The summed E-state index contributed by atoms with van der Waals surface area (Å²) in [7, 11) is 0. The number of hydrogen-bond acceptors (Lipinski definition) is 4. The van der Waals surface area contributed by atoms with E-state index in [1.54, 1.807) is 24.3 Å². The summed E-state index contributed by atoms with van der Waals surface area (Å²) in [5.41, 5.74) is 0.491. The van der Waals surface area contributed by atoms with Gasteiger partial charge in [0.15, 0.2) is 11.4 Å². The number of aromatic nitrogens is 1. The molecule has 1 aliphatic heterocycles. The molecule has 0 bridgehead atoms. The van der Waals surface area contributed by atoms with Gasteiger partial charge in [0.1, 0.15) is 0 Å². The predicted molar refractivity (Wildman–Crippen MR) is 109 cm³/mol. The van der Waals surface area contributed by atoms with Gasteiger partial charge in [-0.05, 0) is 35.9 Å². The Kier molecular flexibility index (Phi) is 4.83. The quantitative estimate of drug-likeness (QED) is 0.616. The Morgan fingerprint density at radius 2 is 1.79 bits per heavy atom. The van der Waals surface area contributed by atoms with Crippen molar-refractivity contribution in [2.75, 3.05) is 4.90 Å². The first kappa shape index (κ1) is 18.5. The molecule has 0 fully saturated rings. The standard InChI is InChI=1S/C22H17BrN2O3/c23-17-6-7-19-18(12-17)22(28,13-20(26)16-8-10-24-11-9-16)21(27)25(19)14-15-4-2-1-3-5-15/h1-12,28H,13-14H2/t22-/m0/s1. The largest absolute Gasteiger partial charge is 0.375 e. The second-order valence-corrected chi connectivity index (χ2v) is 7.65. The number of benzene rings is 2. The van der Waals surface area contributed by atoms with Crippen LogP contribution in [-0.2, 0) is 16.9 Å². The highest BCUT2D eigenvalue weighted by molar-refractivity contribution is 9.10. The van der Waals surface area contributed by atoms with Crippen molar-refractivity contribution in [3.63, 3.8) is 0 Å². The summed E-state index contributed by atoms with van der Waals surface area (Å²) >= 11 is 3.40. The molecule has 0 aliphatic carbocycles. The Hall–Kier alpha value is -2.83. The van der Waals surface area contributed by atoms with E-state index in [1.807, 2.05) is 36.4 Å². The molecule has 2 heterocycles. The number of Topliss-reactive ketones (excluding diaryl/α,β-unsaturated/α-hetero) is 1. The zero-order valence-corrected chi connectivity index (χ0v) is 16.5. The Morgan fingerprint density at radius 3 is 2.50 bits per heavy atom. The summed E-state index contributed by atoms with van der Waals surface area (Å²) in [5, 5.41) is 11.4. The van der Waals surface area contributed by atoms with Crippen LogP contribution in [0, 0.1) is 0 Å². The van der Waals surface area contributed by atoms with Crippen LogP contribution in [-0.4, -0.2) is 21.8 Å². The van der Waals surface area contributed by atoms with Gasteiger partial charge < -0.3 is 10.0 Å². The fraction of sp³-hybridized carbons (Fsp3) is 0.136. The lowest BCUT2D eigenvalue weighted by Crippen LogP contribution is -2.41.